The van der Waals surface area contributed by atoms with Crippen molar-refractivity contribution in [2.75, 3.05) is 0 Å². The molecule has 0 radical (unpaired) electrons. The Kier molecular flexibility index (Phi) is 8.65. The molecule has 0 spiro atoms. The van der Waals surface area contributed by atoms with Gasteiger partial charge in [0.05, 0.1) is 25.2 Å². The molecular weight excluding hydrogens is 389 g/mol. The van der Waals surface area contributed by atoms with Crippen LogP contribution >= 0.6 is 0 Å². The lowest BCUT2D eigenvalue weighted by atomic mass is 9.90. The quantitative estimate of drug-likeness (QED) is 0.473. The number of carboxylic acids is 1. The fourth-order valence-electron chi connectivity index (χ4n) is 3.45. The highest BCUT2D eigenvalue weighted by atomic mass is 19.1. The topological polar surface area (TPSA) is 111 Å². The number of benzene rings is 1. The number of aromatic nitrogens is 1. The van der Waals surface area contributed by atoms with Crippen LogP contribution in [0.1, 0.15) is 49.2 Å². The van der Waals surface area contributed by atoms with Crippen LogP contribution in [0, 0.1) is 5.82 Å². The molecule has 1 heterocycles. The summed E-state index contributed by atoms with van der Waals surface area (Å²) in [6, 6.07) is 5.96. The van der Waals surface area contributed by atoms with Crippen molar-refractivity contribution in [1.29, 1.82) is 0 Å². The molecule has 0 aliphatic carbocycles. The van der Waals surface area contributed by atoms with Gasteiger partial charge in [-0.05, 0) is 36.1 Å². The van der Waals surface area contributed by atoms with E-state index in [9.17, 15) is 24.5 Å². The highest BCUT2D eigenvalue weighted by molar-refractivity contribution is 5.80. The number of pyridine rings is 1. The van der Waals surface area contributed by atoms with Crippen molar-refractivity contribution >= 4 is 12.0 Å². The van der Waals surface area contributed by atoms with Crippen molar-refractivity contribution in [3.8, 4) is 11.1 Å². The first kappa shape index (κ1) is 23.7. The Hall–Kier alpha value is -2.61. The molecule has 1 unspecified atom stereocenters. The molecule has 1 aromatic carbocycles. The summed E-state index contributed by atoms with van der Waals surface area (Å²) in [5.41, 5.74) is 4.28. The SMILES string of the molecule is CCc1nc(CC)c(CO)c(-c2ccc(F)cc2)c1C=C[C@@H](O)CC(O)CC(=O)O. The minimum Gasteiger partial charge on any atom is -0.481 e. The lowest BCUT2D eigenvalue weighted by Crippen LogP contribution is -2.19. The smallest absolute Gasteiger partial charge is 0.305 e. The average molecular weight is 417 g/mol. The largest absolute Gasteiger partial charge is 0.481 e. The Labute approximate surface area is 175 Å². The van der Waals surface area contributed by atoms with Gasteiger partial charge in [-0.1, -0.05) is 38.1 Å². The molecule has 0 fully saturated rings. The summed E-state index contributed by atoms with van der Waals surface area (Å²) in [4.78, 5) is 15.4. The number of aryl methyl sites for hydroxylation is 2. The molecule has 4 N–H and O–H groups in total. The maximum absolute atomic E-state index is 13.5. The first-order valence-electron chi connectivity index (χ1n) is 9.98. The maximum atomic E-state index is 13.5. The van der Waals surface area contributed by atoms with Gasteiger partial charge in [0.25, 0.3) is 0 Å². The number of halogens is 1. The lowest BCUT2D eigenvalue weighted by molar-refractivity contribution is -0.139. The summed E-state index contributed by atoms with van der Waals surface area (Å²) in [5.74, 6) is -1.51. The van der Waals surface area contributed by atoms with Crippen molar-refractivity contribution in [2.24, 2.45) is 0 Å². The van der Waals surface area contributed by atoms with Gasteiger partial charge in [-0.2, -0.15) is 0 Å². The van der Waals surface area contributed by atoms with Crippen LogP contribution in [0.4, 0.5) is 4.39 Å². The van der Waals surface area contributed by atoms with Gasteiger partial charge in [0.2, 0.25) is 0 Å². The van der Waals surface area contributed by atoms with Gasteiger partial charge in [0.1, 0.15) is 5.82 Å². The van der Waals surface area contributed by atoms with E-state index in [0.717, 1.165) is 17.0 Å². The molecule has 7 heteroatoms. The minimum atomic E-state index is -1.17. The van der Waals surface area contributed by atoms with Crippen molar-refractivity contribution < 1.29 is 29.6 Å². The summed E-state index contributed by atoms with van der Waals surface area (Å²) >= 11 is 0. The predicted molar refractivity (Wildman–Crippen MR) is 112 cm³/mol. The van der Waals surface area contributed by atoms with Gasteiger partial charge in [-0.25, -0.2) is 4.39 Å². The third-order valence-corrected chi connectivity index (χ3v) is 4.87. The second-order valence-corrected chi connectivity index (χ2v) is 7.06. The molecule has 0 saturated heterocycles. The molecule has 2 rings (SSSR count). The Morgan fingerprint density at radius 1 is 1.13 bits per heavy atom. The zero-order chi connectivity index (χ0) is 22.3. The Balaban J connectivity index is 2.53. The molecule has 0 aliphatic rings. The van der Waals surface area contributed by atoms with Gasteiger partial charge < -0.3 is 20.4 Å². The van der Waals surface area contributed by atoms with Crippen LogP contribution in [-0.2, 0) is 24.2 Å². The van der Waals surface area contributed by atoms with E-state index in [1.165, 1.54) is 18.2 Å². The van der Waals surface area contributed by atoms with Crippen molar-refractivity contribution in [2.45, 2.75) is 58.3 Å². The van der Waals surface area contributed by atoms with E-state index in [4.69, 9.17) is 5.11 Å². The van der Waals surface area contributed by atoms with E-state index >= 15 is 0 Å². The van der Waals surface area contributed by atoms with Crippen LogP contribution in [0.25, 0.3) is 17.2 Å². The molecular formula is C23H28FNO5. The van der Waals surface area contributed by atoms with E-state index in [1.54, 1.807) is 18.2 Å². The summed E-state index contributed by atoms with van der Waals surface area (Å²) in [5, 5.41) is 38.7. The fourth-order valence-corrected chi connectivity index (χ4v) is 3.45. The van der Waals surface area contributed by atoms with Crippen LogP contribution in [-0.4, -0.2) is 43.6 Å². The third kappa shape index (κ3) is 5.95. The number of nitrogens with zero attached hydrogens (tertiary/aromatic N) is 1. The average Bonchev–Trinajstić information content (AvgIpc) is 2.70. The van der Waals surface area contributed by atoms with Crippen molar-refractivity contribution in [3.05, 3.63) is 58.7 Å². The van der Waals surface area contributed by atoms with E-state index < -0.39 is 24.6 Å². The molecule has 0 bridgehead atoms. The zero-order valence-corrected chi connectivity index (χ0v) is 17.2. The van der Waals surface area contributed by atoms with E-state index in [2.05, 4.69) is 4.98 Å². The molecule has 0 aliphatic heterocycles. The van der Waals surface area contributed by atoms with Gasteiger partial charge in [-0.3, -0.25) is 9.78 Å². The zero-order valence-electron chi connectivity index (χ0n) is 17.2. The van der Waals surface area contributed by atoms with Crippen LogP contribution < -0.4 is 0 Å². The van der Waals surface area contributed by atoms with Gasteiger partial charge in [0, 0.05) is 28.9 Å². The van der Waals surface area contributed by atoms with Crippen LogP contribution in [0.5, 0.6) is 0 Å². The molecule has 6 nitrogen and oxygen atoms in total. The molecule has 0 saturated carbocycles. The molecule has 0 amide bonds. The van der Waals surface area contributed by atoms with E-state index in [1.807, 2.05) is 13.8 Å². The van der Waals surface area contributed by atoms with Crippen LogP contribution in [0.2, 0.25) is 0 Å². The standard InChI is InChI=1S/C23H28FNO5/c1-3-20-18(10-9-16(27)11-17(28)12-22(29)30)23(14-5-7-15(24)8-6-14)19(13-26)21(4-2)25-20/h5-10,16-17,26-28H,3-4,11-13H2,1-2H3,(H,29,30)/t16-,17?/m1/s1. The molecule has 2 aromatic rings. The number of rotatable bonds is 10. The number of hydrogen-bond donors (Lipinski definition) is 4. The Bertz CT molecular complexity index is 895. The maximum Gasteiger partial charge on any atom is 0.305 e. The highest BCUT2D eigenvalue weighted by Gasteiger charge is 2.19. The first-order valence-corrected chi connectivity index (χ1v) is 9.98. The Morgan fingerprint density at radius 2 is 1.77 bits per heavy atom. The summed E-state index contributed by atoms with van der Waals surface area (Å²) < 4.78 is 13.5. The molecule has 162 valence electrons. The van der Waals surface area contributed by atoms with Crippen molar-refractivity contribution in [3.63, 3.8) is 0 Å². The second-order valence-electron chi connectivity index (χ2n) is 7.06. The lowest BCUT2D eigenvalue weighted by Gasteiger charge is -2.19. The predicted octanol–water partition coefficient (Wildman–Crippen LogP) is 3.10. The second kappa shape index (κ2) is 11.0. The number of aliphatic hydroxyl groups is 3. The number of aliphatic carboxylic acids is 1. The number of hydrogen-bond acceptors (Lipinski definition) is 5. The van der Waals surface area contributed by atoms with Gasteiger partial charge in [0.15, 0.2) is 0 Å². The summed E-state index contributed by atoms with van der Waals surface area (Å²) in [6.45, 7) is 3.64. The molecule has 1 aromatic heterocycles. The van der Waals surface area contributed by atoms with Crippen LogP contribution in [0.15, 0.2) is 30.3 Å². The molecule has 30 heavy (non-hydrogen) atoms. The van der Waals surface area contributed by atoms with Gasteiger partial charge >= 0.3 is 5.97 Å². The number of carboxylic acid groups (broad SMARTS) is 1. The fraction of sp³-hybridized carbons (Fsp3) is 0.391. The van der Waals surface area contributed by atoms with E-state index in [-0.39, 0.29) is 18.8 Å². The number of aliphatic hydroxyl groups excluding tert-OH is 3. The van der Waals surface area contributed by atoms with Crippen LogP contribution in [0.3, 0.4) is 0 Å². The number of carbonyl (C=O) groups is 1. The monoisotopic (exact) mass is 417 g/mol. The molecule has 2 atom stereocenters. The van der Waals surface area contributed by atoms with E-state index in [0.29, 0.717) is 29.5 Å². The summed E-state index contributed by atoms with van der Waals surface area (Å²) in [6.07, 6.45) is 1.56. The third-order valence-electron chi connectivity index (χ3n) is 4.87. The highest BCUT2D eigenvalue weighted by Crippen LogP contribution is 2.33. The first-order chi connectivity index (χ1) is 14.3. The van der Waals surface area contributed by atoms with Gasteiger partial charge in [-0.15, -0.1) is 0 Å². The summed E-state index contributed by atoms with van der Waals surface area (Å²) in [7, 11) is 0. The van der Waals surface area contributed by atoms with Crippen molar-refractivity contribution in [1.82, 2.24) is 4.98 Å². The normalized spacial score (nSPS) is 13.5. The minimum absolute atomic E-state index is 0.122. The Morgan fingerprint density at radius 3 is 2.30 bits per heavy atom.